The van der Waals surface area contributed by atoms with Crippen LogP contribution in [0.1, 0.15) is 22.4 Å². The zero-order valence-corrected chi connectivity index (χ0v) is 16.8. The van der Waals surface area contributed by atoms with Crippen LogP contribution in [0.2, 0.25) is 0 Å². The molecule has 3 rings (SSSR count). The largest absolute Gasteiger partial charge is 0.353 e. The lowest BCUT2D eigenvalue weighted by atomic mass is 10.1. The Morgan fingerprint density at radius 2 is 2.07 bits per heavy atom. The average Bonchev–Trinajstić information content (AvgIpc) is 3.07. The fourth-order valence-corrected chi connectivity index (χ4v) is 4.32. The zero-order valence-electron chi connectivity index (χ0n) is 16.0. The lowest BCUT2D eigenvalue weighted by Gasteiger charge is -2.35. The van der Waals surface area contributed by atoms with Crippen LogP contribution in [-0.2, 0) is 22.6 Å². The first-order chi connectivity index (χ1) is 13.0. The van der Waals surface area contributed by atoms with Crippen LogP contribution in [0.3, 0.4) is 0 Å². The zero-order chi connectivity index (χ0) is 19.2. The van der Waals surface area contributed by atoms with Crippen molar-refractivity contribution in [2.24, 2.45) is 0 Å². The summed E-state index contributed by atoms with van der Waals surface area (Å²) in [5.74, 6) is -0.0297. The fraction of sp³-hybridized carbons (Fsp3) is 0.429. The molecule has 6 heteroatoms. The molecule has 1 atom stereocenters. The summed E-state index contributed by atoms with van der Waals surface area (Å²) in [6.45, 7) is 4.86. The van der Waals surface area contributed by atoms with Crippen molar-refractivity contribution in [3.05, 3.63) is 57.8 Å². The Bertz CT molecular complexity index is 775. The number of amides is 2. The molecule has 144 valence electrons. The molecule has 5 nitrogen and oxygen atoms in total. The molecule has 1 aromatic heterocycles. The number of benzene rings is 1. The van der Waals surface area contributed by atoms with Crippen molar-refractivity contribution in [1.82, 2.24) is 15.1 Å². The molecule has 0 radical (unpaired) electrons. The van der Waals surface area contributed by atoms with Gasteiger partial charge in [-0.15, -0.1) is 11.3 Å². The van der Waals surface area contributed by atoms with Crippen LogP contribution in [0.4, 0.5) is 0 Å². The van der Waals surface area contributed by atoms with Gasteiger partial charge in [0.2, 0.25) is 11.8 Å². The number of nitrogens with one attached hydrogen (secondary N) is 1. The molecule has 0 aliphatic carbocycles. The van der Waals surface area contributed by atoms with E-state index in [2.05, 4.69) is 35.3 Å². The third kappa shape index (κ3) is 5.17. The molecule has 2 amide bonds. The van der Waals surface area contributed by atoms with Gasteiger partial charge in [-0.25, -0.2) is 0 Å². The Labute approximate surface area is 165 Å². The highest BCUT2D eigenvalue weighted by molar-refractivity contribution is 7.10. The van der Waals surface area contributed by atoms with Crippen molar-refractivity contribution in [2.45, 2.75) is 32.4 Å². The quantitative estimate of drug-likeness (QED) is 0.797. The summed E-state index contributed by atoms with van der Waals surface area (Å²) in [7, 11) is 1.82. The first kappa shape index (κ1) is 19.6. The Balaban J connectivity index is 1.59. The van der Waals surface area contributed by atoms with Crippen LogP contribution in [0.25, 0.3) is 0 Å². The van der Waals surface area contributed by atoms with E-state index in [0.717, 1.165) is 19.5 Å². The van der Waals surface area contributed by atoms with Gasteiger partial charge in [0.25, 0.3) is 0 Å². The summed E-state index contributed by atoms with van der Waals surface area (Å²) >= 11 is 1.66. The summed E-state index contributed by atoms with van der Waals surface area (Å²) in [6.07, 6.45) is 1.10. The van der Waals surface area contributed by atoms with E-state index in [1.165, 1.54) is 16.0 Å². The number of nitrogens with zero attached hydrogens (tertiary/aromatic N) is 2. The van der Waals surface area contributed by atoms with Crippen LogP contribution in [0.15, 0.2) is 41.8 Å². The van der Waals surface area contributed by atoms with E-state index in [1.54, 1.807) is 16.2 Å². The molecule has 0 spiro atoms. The number of carbonyl (C=O) groups excluding carboxylic acids is 2. The predicted molar refractivity (Wildman–Crippen MR) is 109 cm³/mol. The minimum Gasteiger partial charge on any atom is -0.353 e. The van der Waals surface area contributed by atoms with Crippen molar-refractivity contribution >= 4 is 23.2 Å². The molecule has 1 aliphatic rings. The van der Waals surface area contributed by atoms with E-state index in [0.29, 0.717) is 13.1 Å². The number of thiophene rings is 1. The number of aryl methyl sites for hydroxylation is 1. The van der Waals surface area contributed by atoms with Gasteiger partial charge in [-0.05, 0) is 35.9 Å². The van der Waals surface area contributed by atoms with Gasteiger partial charge in [0.15, 0.2) is 0 Å². The van der Waals surface area contributed by atoms with E-state index < -0.39 is 0 Å². The van der Waals surface area contributed by atoms with Crippen LogP contribution in [0, 0.1) is 6.92 Å². The molecule has 1 saturated heterocycles. The predicted octanol–water partition coefficient (Wildman–Crippen LogP) is 2.45. The maximum Gasteiger partial charge on any atom is 0.237 e. The van der Waals surface area contributed by atoms with E-state index >= 15 is 0 Å². The van der Waals surface area contributed by atoms with E-state index in [-0.39, 0.29) is 24.3 Å². The monoisotopic (exact) mass is 385 g/mol. The molecule has 2 heterocycles. The first-order valence-electron chi connectivity index (χ1n) is 9.37. The molecule has 1 aliphatic heterocycles. The maximum absolute atomic E-state index is 12.7. The van der Waals surface area contributed by atoms with Gasteiger partial charge < -0.3 is 10.2 Å². The normalized spacial score (nSPS) is 17.6. The fourth-order valence-electron chi connectivity index (χ4n) is 3.36. The number of carbonyl (C=O) groups is 2. The molecule has 2 aromatic rings. The van der Waals surface area contributed by atoms with Crippen molar-refractivity contribution in [3.8, 4) is 0 Å². The number of piperazine rings is 1. The highest BCUT2D eigenvalue weighted by Crippen LogP contribution is 2.19. The molecule has 1 fully saturated rings. The molecule has 1 N–H and O–H groups in total. The van der Waals surface area contributed by atoms with E-state index in [9.17, 15) is 9.59 Å². The van der Waals surface area contributed by atoms with Crippen molar-refractivity contribution in [2.75, 3.05) is 26.7 Å². The molecule has 27 heavy (non-hydrogen) atoms. The van der Waals surface area contributed by atoms with Gasteiger partial charge >= 0.3 is 0 Å². The van der Waals surface area contributed by atoms with Gasteiger partial charge in [-0.3, -0.25) is 14.5 Å². The smallest absolute Gasteiger partial charge is 0.237 e. The molecule has 1 aromatic carbocycles. The highest BCUT2D eigenvalue weighted by Gasteiger charge is 2.32. The van der Waals surface area contributed by atoms with Gasteiger partial charge in [-0.2, -0.15) is 0 Å². The SMILES string of the molecule is Cc1ccsc1CN(C)C(=O)CC1C(=O)NCCN1CCc1ccccc1. The first-order valence-corrected chi connectivity index (χ1v) is 10.2. The maximum atomic E-state index is 12.7. The Morgan fingerprint density at radius 3 is 2.78 bits per heavy atom. The van der Waals surface area contributed by atoms with Gasteiger partial charge in [-0.1, -0.05) is 30.3 Å². The van der Waals surface area contributed by atoms with Gasteiger partial charge in [0, 0.05) is 31.6 Å². The second-order valence-electron chi connectivity index (χ2n) is 7.06. The van der Waals surface area contributed by atoms with Gasteiger partial charge in [0.1, 0.15) is 0 Å². The third-order valence-electron chi connectivity index (χ3n) is 5.11. The second-order valence-corrected chi connectivity index (χ2v) is 8.06. The molecule has 0 bridgehead atoms. The van der Waals surface area contributed by atoms with Crippen LogP contribution < -0.4 is 5.32 Å². The second kappa shape index (κ2) is 9.15. The standard InChI is InChI=1S/C21H27N3O2S/c1-16-9-13-27-19(16)15-23(2)20(25)14-18-21(26)22-10-12-24(18)11-8-17-6-4-3-5-7-17/h3-7,9,13,18H,8,10-12,14-15H2,1-2H3,(H,22,26). The lowest BCUT2D eigenvalue weighted by Crippen LogP contribution is -2.56. The lowest BCUT2D eigenvalue weighted by molar-refractivity contribution is -0.138. The molecular weight excluding hydrogens is 358 g/mol. The van der Waals surface area contributed by atoms with E-state index in [1.807, 2.05) is 30.6 Å². The van der Waals surface area contributed by atoms with Gasteiger partial charge in [0.05, 0.1) is 19.0 Å². The van der Waals surface area contributed by atoms with Crippen molar-refractivity contribution in [1.29, 1.82) is 0 Å². The van der Waals surface area contributed by atoms with Crippen LogP contribution in [0.5, 0.6) is 0 Å². The summed E-state index contributed by atoms with van der Waals surface area (Å²) < 4.78 is 0. The minimum atomic E-state index is -0.387. The molecule has 1 unspecified atom stereocenters. The van der Waals surface area contributed by atoms with Crippen LogP contribution in [-0.4, -0.2) is 54.3 Å². The van der Waals surface area contributed by atoms with Crippen LogP contribution >= 0.6 is 11.3 Å². The number of hydrogen-bond donors (Lipinski definition) is 1. The van der Waals surface area contributed by atoms with E-state index in [4.69, 9.17) is 0 Å². The number of rotatable bonds is 7. The minimum absolute atomic E-state index is 0.00885. The number of hydrogen-bond acceptors (Lipinski definition) is 4. The van der Waals surface area contributed by atoms with Crippen molar-refractivity contribution in [3.63, 3.8) is 0 Å². The molecular formula is C21H27N3O2S. The Morgan fingerprint density at radius 1 is 1.30 bits per heavy atom. The Hall–Kier alpha value is -2.18. The molecule has 0 saturated carbocycles. The summed E-state index contributed by atoms with van der Waals surface area (Å²) in [4.78, 5) is 30.2. The van der Waals surface area contributed by atoms with Crippen molar-refractivity contribution < 1.29 is 9.59 Å². The summed E-state index contributed by atoms with van der Waals surface area (Å²) in [6, 6.07) is 11.9. The summed E-state index contributed by atoms with van der Waals surface area (Å²) in [5.41, 5.74) is 2.46. The highest BCUT2D eigenvalue weighted by atomic mass is 32.1. The topological polar surface area (TPSA) is 52.7 Å². The Kier molecular flexibility index (Phi) is 6.63. The summed E-state index contributed by atoms with van der Waals surface area (Å²) in [5, 5.41) is 4.95. The third-order valence-corrected chi connectivity index (χ3v) is 6.12. The average molecular weight is 386 g/mol.